The SMILES string of the molecule is CC(C)C(=O)c1c(F)ccc(O)c1O. The number of hydrogen-bond donors (Lipinski definition) is 2. The number of aromatic hydroxyl groups is 2. The predicted molar refractivity (Wildman–Crippen MR) is 48.9 cm³/mol. The molecule has 0 saturated carbocycles. The Morgan fingerprint density at radius 2 is 1.93 bits per heavy atom. The van der Waals surface area contributed by atoms with Crippen LogP contribution in [-0.4, -0.2) is 16.0 Å². The molecule has 14 heavy (non-hydrogen) atoms. The van der Waals surface area contributed by atoms with Gasteiger partial charge in [0, 0.05) is 5.92 Å². The third kappa shape index (κ3) is 1.69. The van der Waals surface area contributed by atoms with Gasteiger partial charge in [0.15, 0.2) is 17.3 Å². The Labute approximate surface area is 80.8 Å². The van der Waals surface area contributed by atoms with Gasteiger partial charge in [-0.2, -0.15) is 0 Å². The first-order valence-corrected chi connectivity index (χ1v) is 4.19. The van der Waals surface area contributed by atoms with Crippen molar-refractivity contribution in [3.05, 3.63) is 23.5 Å². The zero-order valence-electron chi connectivity index (χ0n) is 7.91. The zero-order chi connectivity index (χ0) is 10.9. The summed E-state index contributed by atoms with van der Waals surface area (Å²) in [5.41, 5.74) is -0.444. The first-order valence-electron chi connectivity index (χ1n) is 4.19. The summed E-state index contributed by atoms with van der Waals surface area (Å²) in [6.07, 6.45) is 0. The van der Waals surface area contributed by atoms with Gasteiger partial charge in [-0.1, -0.05) is 13.8 Å². The molecule has 0 radical (unpaired) electrons. The van der Waals surface area contributed by atoms with E-state index in [4.69, 9.17) is 5.11 Å². The topological polar surface area (TPSA) is 57.5 Å². The second kappa shape index (κ2) is 3.65. The van der Waals surface area contributed by atoms with E-state index < -0.39 is 34.6 Å². The zero-order valence-corrected chi connectivity index (χ0v) is 7.91. The minimum atomic E-state index is -0.820. The summed E-state index contributed by atoms with van der Waals surface area (Å²) in [7, 11) is 0. The van der Waals surface area contributed by atoms with E-state index in [-0.39, 0.29) is 0 Å². The van der Waals surface area contributed by atoms with Gasteiger partial charge in [0.1, 0.15) is 5.82 Å². The molecule has 0 aliphatic carbocycles. The molecule has 0 spiro atoms. The molecule has 1 aromatic rings. The van der Waals surface area contributed by atoms with Gasteiger partial charge in [-0.15, -0.1) is 0 Å². The van der Waals surface area contributed by atoms with Crippen LogP contribution in [0.2, 0.25) is 0 Å². The lowest BCUT2D eigenvalue weighted by atomic mass is 9.99. The Kier molecular flexibility index (Phi) is 2.74. The van der Waals surface area contributed by atoms with Crippen LogP contribution < -0.4 is 0 Å². The van der Waals surface area contributed by atoms with Crippen LogP contribution in [-0.2, 0) is 0 Å². The molecule has 1 aromatic carbocycles. The second-order valence-corrected chi connectivity index (χ2v) is 3.31. The molecule has 0 unspecified atom stereocenters. The van der Waals surface area contributed by atoms with Crippen LogP contribution in [0.1, 0.15) is 24.2 Å². The number of carbonyl (C=O) groups is 1. The summed E-state index contributed by atoms with van der Waals surface area (Å²) < 4.78 is 13.1. The third-order valence-electron chi connectivity index (χ3n) is 1.88. The van der Waals surface area contributed by atoms with Gasteiger partial charge in [0.25, 0.3) is 0 Å². The highest BCUT2D eigenvalue weighted by Crippen LogP contribution is 2.32. The van der Waals surface area contributed by atoms with Gasteiger partial charge in [-0.25, -0.2) is 4.39 Å². The lowest BCUT2D eigenvalue weighted by Gasteiger charge is -2.08. The summed E-state index contributed by atoms with van der Waals surface area (Å²) in [6, 6.07) is 1.95. The van der Waals surface area contributed by atoms with E-state index in [0.717, 1.165) is 12.1 Å². The van der Waals surface area contributed by atoms with Gasteiger partial charge in [-0.05, 0) is 12.1 Å². The maximum atomic E-state index is 13.1. The number of phenols is 2. The Hall–Kier alpha value is -1.58. The molecule has 0 aromatic heterocycles. The van der Waals surface area contributed by atoms with Crippen molar-refractivity contribution in [1.29, 1.82) is 0 Å². The molecule has 76 valence electrons. The highest BCUT2D eigenvalue weighted by Gasteiger charge is 2.21. The summed E-state index contributed by atoms with van der Waals surface area (Å²) in [4.78, 5) is 11.4. The number of benzene rings is 1. The van der Waals surface area contributed by atoms with E-state index in [1.54, 1.807) is 13.8 Å². The molecule has 2 N–H and O–H groups in total. The molecule has 3 nitrogen and oxygen atoms in total. The van der Waals surface area contributed by atoms with E-state index in [9.17, 15) is 14.3 Å². The number of hydrogen-bond acceptors (Lipinski definition) is 3. The van der Waals surface area contributed by atoms with Crippen LogP contribution >= 0.6 is 0 Å². The molecule has 0 fully saturated rings. The largest absolute Gasteiger partial charge is 0.504 e. The number of phenolic OH excluding ortho intramolecular Hbond substituents is 2. The molecule has 0 amide bonds. The van der Waals surface area contributed by atoms with Crippen molar-refractivity contribution in [3.8, 4) is 11.5 Å². The first-order chi connectivity index (χ1) is 6.45. The van der Waals surface area contributed by atoms with Crippen LogP contribution in [0.25, 0.3) is 0 Å². The Morgan fingerprint density at radius 1 is 1.36 bits per heavy atom. The van der Waals surface area contributed by atoms with Crippen LogP contribution in [0.15, 0.2) is 12.1 Å². The van der Waals surface area contributed by atoms with Gasteiger partial charge in [0.2, 0.25) is 0 Å². The second-order valence-electron chi connectivity index (χ2n) is 3.31. The molecule has 0 aliphatic heterocycles. The van der Waals surface area contributed by atoms with Crippen molar-refractivity contribution >= 4 is 5.78 Å². The molecule has 0 aliphatic rings. The van der Waals surface area contributed by atoms with Crippen molar-refractivity contribution in [2.75, 3.05) is 0 Å². The third-order valence-corrected chi connectivity index (χ3v) is 1.88. The molecule has 0 bridgehead atoms. The Bertz CT molecular complexity index is 372. The van der Waals surface area contributed by atoms with Crippen LogP contribution in [0.4, 0.5) is 4.39 Å². The summed E-state index contributed by atoms with van der Waals surface area (Å²) in [5.74, 6) is -2.97. The van der Waals surface area contributed by atoms with Crippen molar-refractivity contribution in [3.63, 3.8) is 0 Å². The van der Waals surface area contributed by atoms with Gasteiger partial charge in [0.05, 0.1) is 5.56 Å². The molecule has 1 rings (SSSR count). The fourth-order valence-corrected chi connectivity index (χ4v) is 1.08. The highest BCUT2D eigenvalue weighted by molar-refractivity contribution is 6.00. The summed E-state index contributed by atoms with van der Waals surface area (Å²) >= 11 is 0. The van der Waals surface area contributed by atoms with E-state index in [1.165, 1.54) is 0 Å². The smallest absolute Gasteiger partial charge is 0.172 e. The highest BCUT2D eigenvalue weighted by atomic mass is 19.1. The maximum Gasteiger partial charge on any atom is 0.172 e. The average molecular weight is 198 g/mol. The number of carbonyl (C=O) groups excluding carboxylic acids is 1. The molecular weight excluding hydrogens is 187 g/mol. The monoisotopic (exact) mass is 198 g/mol. The standard InChI is InChI=1S/C10H11FO3/c1-5(2)9(13)8-6(11)3-4-7(12)10(8)14/h3-5,12,14H,1-2H3. The molecule has 0 saturated heterocycles. The molecular formula is C10H11FO3. The van der Waals surface area contributed by atoms with Crippen LogP contribution in [0.3, 0.4) is 0 Å². The molecule has 0 heterocycles. The summed E-state index contributed by atoms with van der Waals surface area (Å²) in [5, 5.41) is 18.4. The maximum absolute atomic E-state index is 13.1. The van der Waals surface area contributed by atoms with Crippen molar-refractivity contribution in [2.24, 2.45) is 5.92 Å². The van der Waals surface area contributed by atoms with E-state index in [1.807, 2.05) is 0 Å². The molecule has 0 atom stereocenters. The number of rotatable bonds is 2. The minimum Gasteiger partial charge on any atom is -0.504 e. The van der Waals surface area contributed by atoms with E-state index in [2.05, 4.69) is 0 Å². The number of Topliss-reactive ketones (excluding diaryl/α,β-unsaturated/α-hetero) is 1. The van der Waals surface area contributed by atoms with Crippen LogP contribution in [0.5, 0.6) is 11.5 Å². The fourth-order valence-electron chi connectivity index (χ4n) is 1.08. The Morgan fingerprint density at radius 3 is 2.43 bits per heavy atom. The van der Waals surface area contributed by atoms with Crippen molar-refractivity contribution in [1.82, 2.24) is 0 Å². The van der Waals surface area contributed by atoms with Gasteiger partial charge in [-0.3, -0.25) is 4.79 Å². The lowest BCUT2D eigenvalue weighted by Crippen LogP contribution is -2.10. The van der Waals surface area contributed by atoms with Gasteiger partial charge >= 0.3 is 0 Å². The first kappa shape index (κ1) is 10.5. The van der Waals surface area contributed by atoms with Gasteiger partial charge < -0.3 is 10.2 Å². The quantitative estimate of drug-likeness (QED) is 0.565. The predicted octanol–water partition coefficient (Wildman–Crippen LogP) is 2.08. The lowest BCUT2D eigenvalue weighted by molar-refractivity contribution is 0.0931. The van der Waals surface area contributed by atoms with E-state index in [0.29, 0.717) is 0 Å². The number of ketones is 1. The van der Waals surface area contributed by atoms with E-state index >= 15 is 0 Å². The Balaban J connectivity index is 3.33. The average Bonchev–Trinajstić information content (AvgIpc) is 2.12. The van der Waals surface area contributed by atoms with Crippen LogP contribution in [0, 0.1) is 11.7 Å². The minimum absolute atomic E-state index is 0.433. The van der Waals surface area contributed by atoms with Crippen molar-refractivity contribution in [2.45, 2.75) is 13.8 Å². The fraction of sp³-hybridized carbons (Fsp3) is 0.300. The van der Waals surface area contributed by atoms with Crippen molar-refractivity contribution < 1.29 is 19.4 Å². The summed E-state index contributed by atoms with van der Waals surface area (Å²) in [6.45, 7) is 3.18. The molecule has 4 heteroatoms. The number of halogens is 1. The normalized spacial score (nSPS) is 10.6.